The Balaban J connectivity index is 2.65. The van der Waals surface area contributed by atoms with Gasteiger partial charge in [0.1, 0.15) is 5.75 Å². The van der Waals surface area contributed by atoms with Gasteiger partial charge in [0.25, 0.3) is 0 Å². The maximum Gasteiger partial charge on any atom is 0.161 e. The van der Waals surface area contributed by atoms with Gasteiger partial charge in [0.05, 0.1) is 31.9 Å². The summed E-state index contributed by atoms with van der Waals surface area (Å²) >= 11 is 0. The molecule has 102 valence electrons. The average Bonchev–Trinajstić information content (AvgIpc) is 2.77. The largest absolute Gasteiger partial charge is 0.495 e. The zero-order valence-electron chi connectivity index (χ0n) is 11.0. The molecular formula is C14H17NO4. The normalized spacial score (nSPS) is 12.6. The minimum atomic E-state index is -0.875. The van der Waals surface area contributed by atoms with Gasteiger partial charge in [-0.25, -0.2) is 0 Å². The van der Waals surface area contributed by atoms with Gasteiger partial charge < -0.3 is 19.5 Å². The van der Waals surface area contributed by atoms with Crippen molar-refractivity contribution in [2.75, 3.05) is 13.7 Å². The van der Waals surface area contributed by atoms with E-state index in [1.54, 1.807) is 23.9 Å². The van der Waals surface area contributed by atoms with E-state index in [0.717, 1.165) is 10.9 Å². The molecule has 19 heavy (non-hydrogen) atoms. The summed E-state index contributed by atoms with van der Waals surface area (Å²) in [5.41, 5.74) is 1.33. The fourth-order valence-electron chi connectivity index (χ4n) is 2.20. The van der Waals surface area contributed by atoms with Gasteiger partial charge >= 0.3 is 0 Å². The topological polar surface area (TPSA) is 71.7 Å². The van der Waals surface area contributed by atoms with Crippen LogP contribution in [0.25, 0.3) is 10.9 Å². The molecule has 2 aromatic rings. The number of aliphatic hydroxyl groups is 2. The second-order valence-corrected chi connectivity index (χ2v) is 4.44. The monoisotopic (exact) mass is 263 g/mol. The summed E-state index contributed by atoms with van der Waals surface area (Å²) in [5.74, 6) is 0.589. The maximum atomic E-state index is 11.7. The van der Waals surface area contributed by atoms with Crippen molar-refractivity contribution in [2.45, 2.75) is 19.6 Å². The number of aliphatic hydroxyl groups excluding tert-OH is 2. The summed E-state index contributed by atoms with van der Waals surface area (Å²) in [6.45, 7) is 1.38. The highest BCUT2D eigenvalue weighted by Crippen LogP contribution is 2.30. The summed E-state index contributed by atoms with van der Waals surface area (Å²) < 4.78 is 7.04. The maximum absolute atomic E-state index is 11.7. The summed E-state index contributed by atoms with van der Waals surface area (Å²) in [4.78, 5) is 11.7. The van der Waals surface area contributed by atoms with Gasteiger partial charge in [-0.2, -0.15) is 0 Å². The SMILES string of the molecule is COc1cccc2c(C(C)=O)cn(CC(O)CO)c12. The van der Waals surface area contributed by atoms with Crippen LogP contribution in [0.2, 0.25) is 0 Å². The molecule has 2 N–H and O–H groups in total. The van der Waals surface area contributed by atoms with Gasteiger partial charge in [-0.1, -0.05) is 12.1 Å². The molecule has 1 atom stereocenters. The molecule has 0 saturated carbocycles. The quantitative estimate of drug-likeness (QED) is 0.795. The van der Waals surface area contributed by atoms with Crippen molar-refractivity contribution in [2.24, 2.45) is 0 Å². The second kappa shape index (κ2) is 5.42. The number of methoxy groups -OCH3 is 1. The van der Waals surface area contributed by atoms with Crippen LogP contribution in [0.3, 0.4) is 0 Å². The van der Waals surface area contributed by atoms with Crippen molar-refractivity contribution >= 4 is 16.7 Å². The van der Waals surface area contributed by atoms with E-state index in [1.807, 2.05) is 12.1 Å². The van der Waals surface area contributed by atoms with Crippen molar-refractivity contribution in [3.8, 4) is 5.75 Å². The summed E-state index contributed by atoms with van der Waals surface area (Å²) in [6, 6.07) is 5.46. The molecule has 0 fully saturated rings. The molecule has 0 radical (unpaired) electrons. The molecule has 0 amide bonds. The molecule has 0 saturated heterocycles. The molecule has 0 aliphatic rings. The standard InChI is InChI=1S/C14H17NO4/c1-9(17)12-7-15(6-10(18)8-16)14-11(12)4-3-5-13(14)19-2/h3-5,7,10,16,18H,6,8H2,1-2H3. The fraction of sp³-hybridized carbons (Fsp3) is 0.357. The number of Topliss-reactive ketones (excluding diaryl/α,β-unsaturated/α-hetero) is 1. The smallest absolute Gasteiger partial charge is 0.161 e. The number of carbonyl (C=O) groups is 1. The molecule has 1 aromatic heterocycles. The Morgan fingerprint density at radius 2 is 2.21 bits per heavy atom. The van der Waals surface area contributed by atoms with Gasteiger partial charge in [-0.3, -0.25) is 4.79 Å². The zero-order valence-corrected chi connectivity index (χ0v) is 11.0. The van der Waals surface area contributed by atoms with Gasteiger partial charge in [0.2, 0.25) is 0 Å². The van der Waals surface area contributed by atoms with Crippen LogP contribution in [0, 0.1) is 0 Å². The Morgan fingerprint density at radius 3 is 2.79 bits per heavy atom. The Kier molecular flexibility index (Phi) is 3.87. The van der Waals surface area contributed by atoms with Crippen LogP contribution in [0.4, 0.5) is 0 Å². The molecular weight excluding hydrogens is 246 g/mol. The molecule has 0 aliphatic heterocycles. The molecule has 1 heterocycles. The third-order valence-electron chi connectivity index (χ3n) is 3.08. The predicted octanol–water partition coefficient (Wildman–Crippen LogP) is 1.21. The van der Waals surface area contributed by atoms with Crippen LogP contribution in [0.5, 0.6) is 5.75 Å². The van der Waals surface area contributed by atoms with E-state index in [0.29, 0.717) is 11.3 Å². The van der Waals surface area contributed by atoms with Crippen LogP contribution in [-0.2, 0) is 6.54 Å². The molecule has 1 aromatic carbocycles. The number of fused-ring (bicyclic) bond motifs is 1. The first kappa shape index (κ1) is 13.6. The summed E-state index contributed by atoms with van der Waals surface area (Å²) in [7, 11) is 1.56. The Bertz CT molecular complexity index is 603. The highest BCUT2D eigenvalue weighted by atomic mass is 16.5. The van der Waals surface area contributed by atoms with E-state index in [-0.39, 0.29) is 18.9 Å². The number of carbonyl (C=O) groups excluding carboxylic acids is 1. The number of ketones is 1. The van der Waals surface area contributed by atoms with E-state index in [1.165, 1.54) is 6.92 Å². The molecule has 2 rings (SSSR count). The number of rotatable bonds is 5. The lowest BCUT2D eigenvalue weighted by molar-refractivity contribution is 0.0820. The Labute approximate surface area is 111 Å². The Hall–Kier alpha value is -1.85. The Morgan fingerprint density at radius 1 is 1.47 bits per heavy atom. The van der Waals surface area contributed by atoms with Crippen LogP contribution in [-0.4, -0.2) is 40.4 Å². The number of aromatic nitrogens is 1. The van der Waals surface area contributed by atoms with Gasteiger partial charge in [0.15, 0.2) is 5.78 Å². The van der Waals surface area contributed by atoms with Crippen LogP contribution < -0.4 is 4.74 Å². The lowest BCUT2D eigenvalue weighted by atomic mass is 10.1. The minimum absolute atomic E-state index is 0.0458. The van der Waals surface area contributed by atoms with Gasteiger partial charge in [-0.15, -0.1) is 0 Å². The lowest BCUT2D eigenvalue weighted by Crippen LogP contribution is -2.19. The van der Waals surface area contributed by atoms with Crippen molar-refractivity contribution in [3.05, 3.63) is 30.0 Å². The lowest BCUT2D eigenvalue weighted by Gasteiger charge is -2.11. The van der Waals surface area contributed by atoms with E-state index >= 15 is 0 Å². The van der Waals surface area contributed by atoms with E-state index in [2.05, 4.69) is 0 Å². The number of ether oxygens (including phenoxy) is 1. The number of hydrogen-bond donors (Lipinski definition) is 2. The van der Waals surface area contributed by atoms with Crippen molar-refractivity contribution in [1.82, 2.24) is 4.57 Å². The first-order chi connectivity index (χ1) is 9.08. The molecule has 1 unspecified atom stereocenters. The number of nitrogens with zero attached hydrogens (tertiary/aromatic N) is 1. The van der Waals surface area contributed by atoms with E-state index in [9.17, 15) is 9.90 Å². The van der Waals surface area contributed by atoms with Crippen molar-refractivity contribution < 1.29 is 19.7 Å². The van der Waals surface area contributed by atoms with Crippen molar-refractivity contribution in [3.63, 3.8) is 0 Å². The zero-order chi connectivity index (χ0) is 14.0. The first-order valence-corrected chi connectivity index (χ1v) is 6.04. The average molecular weight is 263 g/mol. The number of hydrogen-bond acceptors (Lipinski definition) is 4. The summed E-state index contributed by atoms with van der Waals surface area (Å²) in [6.07, 6.45) is 0.814. The van der Waals surface area contributed by atoms with Crippen LogP contribution in [0.1, 0.15) is 17.3 Å². The number of benzene rings is 1. The van der Waals surface area contributed by atoms with Crippen molar-refractivity contribution in [1.29, 1.82) is 0 Å². The minimum Gasteiger partial charge on any atom is -0.495 e. The van der Waals surface area contributed by atoms with Gasteiger partial charge in [0, 0.05) is 17.1 Å². The third kappa shape index (κ3) is 2.47. The van der Waals surface area contributed by atoms with Crippen LogP contribution >= 0.6 is 0 Å². The van der Waals surface area contributed by atoms with Gasteiger partial charge in [-0.05, 0) is 13.0 Å². The van der Waals surface area contributed by atoms with Crippen LogP contribution in [0.15, 0.2) is 24.4 Å². The highest BCUT2D eigenvalue weighted by Gasteiger charge is 2.16. The predicted molar refractivity (Wildman–Crippen MR) is 71.6 cm³/mol. The van der Waals surface area contributed by atoms with E-state index < -0.39 is 6.10 Å². The molecule has 0 aliphatic carbocycles. The number of para-hydroxylation sites is 1. The first-order valence-electron chi connectivity index (χ1n) is 6.04. The third-order valence-corrected chi connectivity index (χ3v) is 3.08. The molecule has 0 bridgehead atoms. The van der Waals surface area contributed by atoms with E-state index in [4.69, 9.17) is 9.84 Å². The second-order valence-electron chi connectivity index (χ2n) is 4.44. The molecule has 5 heteroatoms. The molecule has 0 spiro atoms. The fourth-order valence-corrected chi connectivity index (χ4v) is 2.20. The molecule has 5 nitrogen and oxygen atoms in total. The highest BCUT2D eigenvalue weighted by molar-refractivity contribution is 6.08. The summed E-state index contributed by atoms with van der Waals surface area (Å²) in [5, 5.41) is 19.3.